The number of carbonyl (C=O) groups is 3. The van der Waals surface area contributed by atoms with Crippen molar-refractivity contribution in [2.45, 2.75) is 43.6 Å². The third-order valence-electron chi connectivity index (χ3n) is 3.18. The molecule has 0 aliphatic carbocycles. The van der Waals surface area contributed by atoms with Gasteiger partial charge in [-0.2, -0.15) is 0 Å². The molecule has 150 valence electrons. The van der Waals surface area contributed by atoms with Gasteiger partial charge < -0.3 is 14.8 Å². The second-order valence-electron chi connectivity index (χ2n) is 6.68. The highest BCUT2D eigenvalue weighted by atomic mass is 32.2. The van der Waals surface area contributed by atoms with Crippen LogP contribution in [-0.4, -0.2) is 51.0 Å². The number of sulfone groups is 1. The molecule has 10 heteroatoms. The van der Waals surface area contributed by atoms with Crippen LogP contribution in [0.3, 0.4) is 0 Å². The van der Waals surface area contributed by atoms with E-state index in [0.29, 0.717) is 0 Å². The molecule has 27 heavy (non-hydrogen) atoms. The lowest BCUT2D eigenvalue weighted by molar-refractivity contribution is -0.141. The van der Waals surface area contributed by atoms with E-state index in [9.17, 15) is 22.8 Å². The monoisotopic (exact) mass is 400 g/mol. The number of methoxy groups -OCH3 is 1. The number of hydrogen-bond acceptors (Lipinski definition) is 7. The number of esters is 1. The van der Waals surface area contributed by atoms with Gasteiger partial charge in [0.15, 0.2) is 0 Å². The predicted octanol–water partition coefficient (Wildman–Crippen LogP) is 0.909. The Morgan fingerprint density at radius 1 is 1.11 bits per heavy atom. The molecule has 0 aliphatic rings. The highest BCUT2D eigenvalue weighted by Crippen LogP contribution is 2.17. The molecule has 2 N–H and O–H groups in total. The van der Waals surface area contributed by atoms with Crippen LogP contribution in [0.25, 0.3) is 0 Å². The Balaban J connectivity index is 3.15. The normalized spacial score (nSPS) is 12.6. The molecule has 0 aliphatic heterocycles. The number of amides is 2. The van der Waals surface area contributed by atoms with E-state index in [1.54, 1.807) is 39.8 Å². The van der Waals surface area contributed by atoms with Gasteiger partial charge >= 0.3 is 12.1 Å². The standard InChI is InChI=1S/C17H24N2O7S/c1-11-6-8-12(9-7-11)27(23,24)15(14(21)18-10-13(20)25-5)19-16(22)26-17(2,3)4/h6-9,15H,10H2,1-5H3,(H,18,21)(H,19,22)/t15-/m0/s1. The number of hydrogen-bond donors (Lipinski definition) is 2. The second kappa shape index (κ2) is 8.85. The Bertz CT molecular complexity index is 796. The van der Waals surface area contributed by atoms with Gasteiger partial charge in [-0.25, -0.2) is 13.2 Å². The van der Waals surface area contributed by atoms with Crippen molar-refractivity contribution in [3.8, 4) is 0 Å². The molecule has 0 spiro atoms. The number of aryl methyl sites for hydroxylation is 1. The number of rotatable bonds is 6. The van der Waals surface area contributed by atoms with Crippen molar-refractivity contribution >= 4 is 27.8 Å². The van der Waals surface area contributed by atoms with Gasteiger partial charge in [0, 0.05) is 0 Å². The summed E-state index contributed by atoms with van der Waals surface area (Å²) >= 11 is 0. The van der Waals surface area contributed by atoms with Crippen molar-refractivity contribution in [3.05, 3.63) is 29.8 Å². The molecule has 0 radical (unpaired) electrons. The van der Waals surface area contributed by atoms with Crippen molar-refractivity contribution in [1.82, 2.24) is 10.6 Å². The second-order valence-corrected chi connectivity index (χ2v) is 8.71. The van der Waals surface area contributed by atoms with Gasteiger partial charge in [0.05, 0.1) is 12.0 Å². The van der Waals surface area contributed by atoms with E-state index in [1.807, 2.05) is 0 Å². The van der Waals surface area contributed by atoms with Crippen LogP contribution >= 0.6 is 0 Å². The molecule has 1 aromatic carbocycles. The molecule has 1 atom stereocenters. The average molecular weight is 400 g/mol. The van der Waals surface area contributed by atoms with Gasteiger partial charge in [0.1, 0.15) is 12.1 Å². The van der Waals surface area contributed by atoms with Crippen LogP contribution in [0.4, 0.5) is 4.79 Å². The summed E-state index contributed by atoms with van der Waals surface area (Å²) in [5, 5.41) is 2.19. The van der Waals surface area contributed by atoms with E-state index in [4.69, 9.17) is 4.74 Å². The SMILES string of the molecule is COC(=O)CNC(=O)[C@@H](NC(=O)OC(C)(C)C)S(=O)(=O)c1ccc(C)cc1. The van der Waals surface area contributed by atoms with Gasteiger partial charge in [-0.05, 0) is 39.8 Å². The first-order valence-corrected chi connectivity index (χ1v) is 9.56. The molecular weight excluding hydrogens is 376 g/mol. The minimum Gasteiger partial charge on any atom is -0.468 e. The van der Waals surface area contributed by atoms with Gasteiger partial charge in [-0.15, -0.1) is 0 Å². The number of alkyl carbamates (subject to hydrolysis) is 1. The Morgan fingerprint density at radius 2 is 1.67 bits per heavy atom. The zero-order valence-electron chi connectivity index (χ0n) is 15.9. The van der Waals surface area contributed by atoms with Crippen LogP contribution in [0.5, 0.6) is 0 Å². The van der Waals surface area contributed by atoms with Crippen molar-refractivity contribution in [2.24, 2.45) is 0 Å². The Kier molecular flexibility index (Phi) is 7.35. The smallest absolute Gasteiger partial charge is 0.409 e. The predicted molar refractivity (Wildman–Crippen MR) is 96.5 cm³/mol. The Labute approximate surface area is 158 Å². The minimum atomic E-state index is -4.30. The number of ether oxygens (including phenoxy) is 2. The molecule has 0 heterocycles. The van der Waals surface area contributed by atoms with Crippen LogP contribution in [0.15, 0.2) is 29.2 Å². The summed E-state index contributed by atoms with van der Waals surface area (Å²) in [5.41, 5.74) is -0.0779. The van der Waals surface area contributed by atoms with Crippen LogP contribution in [0.2, 0.25) is 0 Å². The fraction of sp³-hybridized carbons (Fsp3) is 0.471. The zero-order valence-corrected chi connectivity index (χ0v) is 16.7. The summed E-state index contributed by atoms with van der Waals surface area (Å²) in [6.07, 6.45) is -1.09. The quantitative estimate of drug-likeness (QED) is 0.679. The average Bonchev–Trinajstić information content (AvgIpc) is 2.55. The first kappa shape index (κ1) is 22.4. The molecular formula is C17H24N2O7S. The van der Waals surface area contributed by atoms with Crippen molar-refractivity contribution in [2.75, 3.05) is 13.7 Å². The summed E-state index contributed by atoms with van der Waals surface area (Å²) in [7, 11) is -3.18. The van der Waals surface area contributed by atoms with E-state index < -0.39 is 45.3 Å². The van der Waals surface area contributed by atoms with Crippen LogP contribution in [0, 0.1) is 6.92 Å². The van der Waals surface area contributed by atoms with E-state index in [1.165, 1.54) is 12.1 Å². The third kappa shape index (κ3) is 6.89. The lowest BCUT2D eigenvalue weighted by Gasteiger charge is -2.23. The maximum absolute atomic E-state index is 12.9. The van der Waals surface area contributed by atoms with Gasteiger partial charge in [0.25, 0.3) is 5.91 Å². The molecule has 2 amide bonds. The number of nitrogens with one attached hydrogen (secondary N) is 2. The Hall–Kier alpha value is -2.62. The fourth-order valence-electron chi connectivity index (χ4n) is 1.89. The summed E-state index contributed by atoms with van der Waals surface area (Å²) in [5.74, 6) is -1.86. The summed E-state index contributed by atoms with van der Waals surface area (Å²) in [6.45, 7) is 6.00. The zero-order chi connectivity index (χ0) is 20.8. The van der Waals surface area contributed by atoms with E-state index >= 15 is 0 Å². The highest BCUT2D eigenvalue weighted by molar-refractivity contribution is 7.92. The number of carbonyl (C=O) groups excluding carboxylic acids is 3. The molecule has 0 fully saturated rings. The molecule has 0 bridgehead atoms. The maximum Gasteiger partial charge on any atom is 0.409 e. The van der Waals surface area contributed by atoms with Gasteiger partial charge in [-0.3, -0.25) is 14.9 Å². The van der Waals surface area contributed by atoms with Crippen molar-refractivity contribution < 1.29 is 32.3 Å². The lowest BCUT2D eigenvalue weighted by atomic mass is 10.2. The molecule has 1 rings (SSSR count). The first-order chi connectivity index (χ1) is 12.4. The first-order valence-electron chi connectivity index (χ1n) is 8.01. The Morgan fingerprint density at radius 3 is 2.15 bits per heavy atom. The van der Waals surface area contributed by atoms with Crippen molar-refractivity contribution in [1.29, 1.82) is 0 Å². The molecule has 0 aromatic heterocycles. The summed E-state index contributed by atoms with van der Waals surface area (Å²) in [4.78, 5) is 35.5. The molecule has 9 nitrogen and oxygen atoms in total. The summed E-state index contributed by atoms with van der Waals surface area (Å²) in [6, 6.07) is 5.76. The van der Waals surface area contributed by atoms with Crippen LogP contribution < -0.4 is 10.6 Å². The van der Waals surface area contributed by atoms with Crippen molar-refractivity contribution in [3.63, 3.8) is 0 Å². The van der Waals surface area contributed by atoms with Crippen LogP contribution in [-0.2, 0) is 28.9 Å². The fourth-order valence-corrected chi connectivity index (χ4v) is 3.29. The van der Waals surface area contributed by atoms with E-state index in [-0.39, 0.29) is 4.90 Å². The highest BCUT2D eigenvalue weighted by Gasteiger charge is 2.37. The van der Waals surface area contributed by atoms with E-state index in [0.717, 1.165) is 12.7 Å². The minimum absolute atomic E-state index is 0.164. The molecule has 0 saturated heterocycles. The maximum atomic E-state index is 12.9. The third-order valence-corrected chi connectivity index (χ3v) is 5.06. The van der Waals surface area contributed by atoms with E-state index in [2.05, 4.69) is 15.4 Å². The molecule has 0 saturated carbocycles. The van der Waals surface area contributed by atoms with Crippen LogP contribution in [0.1, 0.15) is 26.3 Å². The summed E-state index contributed by atoms with van der Waals surface area (Å²) < 4.78 is 35.1. The largest absolute Gasteiger partial charge is 0.468 e. The topological polar surface area (TPSA) is 128 Å². The lowest BCUT2D eigenvalue weighted by Crippen LogP contribution is -2.53. The molecule has 1 aromatic rings. The molecule has 0 unspecified atom stereocenters. The number of benzene rings is 1. The van der Waals surface area contributed by atoms with Gasteiger partial charge in [-0.1, -0.05) is 17.7 Å². The van der Waals surface area contributed by atoms with Gasteiger partial charge in [0.2, 0.25) is 15.2 Å².